The smallest absolute Gasteiger partial charge is 0.149 e. The van der Waals surface area contributed by atoms with E-state index in [0.29, 0.717) is 17.4 Å². The number of hydrogen-bond acceptors (Lipinski definition) is 4. The third-order valence-corrected chi connectivity index (χ3v) is 9.59. The highest BCUT2D eigenvalue weighted by atomic mass is 19.1. The molecule has 1 fully saturated rings. The zero-order valence-corrected chi connectivity index (χ0v) is 25.0. The maximum absolute atomic E-state index is 15.3. The van der Waals surface area contributed by atoms with E-state index in [1.807, 2.05) is 6.07 Å². The van der Waals surface area contributed by atoms with Crippen LogP contribution in [0.1, 0.15) is 91.1 Å². The Morgan fingerprint density at radius 3 is 2.75 bits per heavy atom. The second-order valence-corrected chi connectivity index (χ2v) is 13.5. The van der Waals surface area contributed by atoms with Gasteiger partial charge in [0.2, 0.25) is 0 Å². The van der Waals surface area contributed by atoms with Crippen LogP contribution in [0.25, 0.3) is 11.1 Å². The van der Waals surface area contributed by atoms with Gasteiger partial charge in [0.05, 0.1) is 17.4 Å². The lowest BCUT2D eigenvalue weighted by Gasteiger charge is -2.38. The Labute approximate surface area is 241 Å². The number of nitrogens with one attached hydrogen (secondary N) is 1. The van der Waals surface area contributed by atoms with Crippen molar-refractivity contribution >= 4 is 17.2 Å². The minimum absolute atomic E-state index is 0. The standard InChI is InChI=1S/C35H45FN4.H2/c1-22(2)14-29-24(4)38-34-23(3)15-28(16-31(29)34)30-17-33(37-19-32(30)36)39-35(5)12-10-27-21-40(13-11-26(27)18-35)20-25-8-6-7-9-25;/h10,12,15-17,19,22,25,29H,6-9,11,13-14,18,20-21H2,1-5H3,(H,37,39);1H. The number of fused-ring (bicyclic) bond motifs is 1. The Morgan fingerprint density at radius 1 is 1.18 bits per heavy atom. The van der Waals surface area contributed by atoms with Crippen molar-refractivity contribution < 1.29 is 5.82 Å². The van der Waals surface area contributed by atoms with E-state index < -0.39 is 0 Å². The molecule has 4 nitrogen and oxygen atoms in total. The van der Waals surface area contributed by atoms with Gasteiger partial charge >= 0.3 is 0 Å². The monoisotopic (exact) mass is 542 g/mol. The predicted molar refractivity (Wildman–Crippen MR) is 167 cm³/mol. The lowest BCUT2D eigenvalue weighted by Crippen LogP contribution is -2.40. The summed E-state index contributed by atoms with van der Waals surface area (Å²) in [4.78, 5) is 12.0. The van der Waals surface area contributed by atoms with Gasteiger partial charge in [-0.15, -0.1) is 0 Å². The molecule has 2 aromatic rings. The van der Waals surface area contributed by atoms with E-state index in [2.05, 4.69) is 74.1 Å². The highest BCUT2D eigenvalue weighted by Gasteiger charge is 2.32. The molecule has 0 spiro atoms. The van der Waals surface area contributed by atoms with Gasteiger partial charge in [-0.3, -0.25) is 9.89 Å². The number of aryl methyl sites for hydroxylation is 1. The first-order valence-electron chi connectivity index (χ1n) is 15.4. The number of nitrogens with zero attached hydrogens (tertiary/aromatic N) is 3. The molecular weight excluding hydrogens is 495 g/mol. The molecule has 5 heteroatoms. The second-order valence-electron chi connectivity index (χ2n) is 13.5. The van der Waals surface area contributed by atoms with Gasteiger partial charge in [-0.25, -0.2) is 9.37 Å². The number of halogens is 1. The average Bonchev–Trinajstić information content (AvgIpc) is 3.53. The summed E-state index contributed by atoms with van der Waals surface area (Å²) in [6.45, 7) is 14.5. The topological polar surface area (TPSA) is 40.5 Å². The van der Waals surface area contributed by atoms with Gasteiger partial charge in [-0.2, -0.15) is 0 Å². The lowest BCUT2D eigenvalue weighted by molar-refractivity contribution is 0.239. The van der Waals surface area contributed by atoms with Gasteiger partial charge in [0.1, 0.15) is 11.6 Å². The van der Waals surface area contributed by atoms with E-state index in [9.17, 15) is 0 Å². The summed E-state index contributed by atoms with van der Waals surface area (Å²) in [5.74, 6) is 2.19. The number of rotatable bonds is 7. The van der Waals surface area contributed by atoms with E-state index >= 15 is 4.39 Å². The van der Waals surface area contributed by atoms with Crippen molar-refractivity contribution in [2.75, 3.05) is 25.0 Å². The Balaban J connectivity index is 0.00000337. The van der Waals surface area contributed by atoms with Crippen molar-refractivity contribution in [2.24, 2.45) is 16.8 Å². The highest BCUT2D eigenvalue weighted by Crippen LogP contribution is 2.44. The van der Waals surface area contributed by atoms with Crippen molar-refractivity contribution in [3.8, 4) is 11.1 Å². The van der Waals surface area contributed by atoms with Crippen LogP contribution >= 0.6 is 0 Å². The van der Waals surface area contributed by atoms with Crippen LogP contribution in [-0.2, 0) is 0 Å². The van der Waals surface area contributed by atoms with E-state index in [0.717, 1.165) is 66.6 Å². The molecule has 6 rings (SSSR count). The molecule has 214 valence electrons. The fourth-order valence-electron chi connectivity index (χ4n) is 7.49. The molecule has 0 bridgehead atoms. The van der Waals surface area contributed by atoms with Crippen LogP contribution in [0.3, 0.4) is 0 Å². The summed E-state index contributed by atoms with van der Waals surface area (Å²) in [5, 5.41) is 3.67. The maximum atomic E-state index is 15.3. The first kappa shape index (κ1) is 27.4. The quantitative estimate of drug-likeness (QED) is 0.379. The Kier molecular flexibility index (Phi) is 7.45. The zero-order valence-electron chi connectivity index (χ0n) is 25.0. The van der Waals surface area contributed by atoms with Crippen molar-refractivity contribution in [2.45, 2.75) is 91.0 Å². The molecule has 2 aliphatic carbocycles. The third kappa shape index (κ3) is 5.54. The van der Waals surface area contributed by atoms with Crippen LogP contribution in [0.15, 0.2) is 52.7 Å². The molecule has 0 radical (unpaired) electrons. The largest absolute Gasteiger partial charge is 0.361 e. The van der Waals surface area contributed by atoms with Crippen molar-refractivity contribution in [1.82, 2.24) is 9.88 Å². The fourth-order valence-corrected chi connectivity index (χ4v) is 7.49. The van der Waals surface area contributed by atoms with Gasteiger partial charge in [-0.1, -0.05) is 44.4 Å². The number of hydrogen-bond donors (Lipinski definition) is 1. The molecule has 1 N–H and O–H groups in total. The molecular formula is C35H47FN4. The number of benzene rings is 1. The van der Waals surface area contributed by atoms with Gasteiger partial charge in [0, 0.05) is 38.3 Å². The van der Waals surface area contributed by atoms with E-state index in [-0.39, 0.29) is 12.8 Å². The summed E-state index contributed by atoms with van der Waals surface area (Å²) < 4.78 is 15.3. The maximum Gasteiger partial charge on any atom is 0.149 e. The second kappa shape index (κ2) is 10.9. The van der Waals surface area contributed by atoms with Gasteiger partial charge in [0.25, 0.3) is 0 Å². The fraction of sp³-hybridized carbons (Fsp3) is 0.543. The van der Waals surface area contributed by atoms with Gasteiger partial charge in [-0.05, 0) is 105 Å². The van der Waals surface area contributed by atoms with Crippen LogP contribution in [0.2, 0.25) is 0 Å². The summed E-state index contributed by atoms with van der Waals surface area (Å²) >= 11 is 0. The van der Waals surface area contributed by atoms with Crippen LogP contribution in [0.5, 0.6) is 0 Å². The average molecular weight is 543 g/mol. The number of aliphatic imine (C=N–C) groups is 1. The van der Waals surface area contributed by atoms with Crippen molar-refractivity contribution in [3.63, 3.8) is 0 Å². The van der Waals surface area contributed by atoms with Crippen LogP contribution in [-0.4, -0.2) is 40.8 Å². The van der Waals surface area contributed by atoms with Crippen LogP contribution in [0.4, 0.5) is 15.9 Å². The predicted octanol–water partition coefficient (Wildman–Crippen LogP) is 9.00. The van der Waals surface area contributed by atoms with Crippen molar-refractivity contribution in [3.05, 3.63) is 64.6 Å². The molecule has 0 amide bonds. The minimum Gasteiger partial charge on any atom is -0.361 e. The Bertz CT molecular complexity index is 1390. The Hall–Kier alpha value is -2.79. The van der Waals surface area contributed by atoms with Gasteiger partial charge in [0.15, 0.2) is 0 Å². The molecule has 2 unspecified atom stereocenters. The summed E-state index contributed by atoms with van der Waals surface area (Å²) in [6.07, 6.45) is 14.8. The normalized spacial score (nSPS) is 25.0. The molecule has 0 saturated heterocycles. The highest BCUT2D eigenvalue weighted by molar-refractivity contribution is 5.97. The molecule has 2 aliphatic heterocycles. The molecule has 1 saturated carbocycles. The molecule has 1 aromatic heterocycles. The molecule has 3 heterocycles. The lowest BCUT2D eigenvalue weighted by atomic mass is 9.81. The zero-order chi connectivity index (χ0) is 28.0. The molecule has 40 heavy (non-hydrogen) atoms. The van der Waals surface area contributed by atoms with E-state index in [4.69, 9.17) is 4.99 Å². The first-order chi connectivity index (χ1) is 19.2. The number of aromatic nitrogens is 1. The van der Waals surface area contributed by atoms with Crippen molar-refractivity contribution in [1.29, 1.82) is 0 Å². The van der Waals surface area contributed by atoms with E-state index in [1.165, 1.54) is 49.6 Å². The molecule has 4 aliphatic rings. The summed E-state index contributed by atoms with van der Waals surface area (Å²) in [6, 6.07) is 6.13. The third-order valence-electron chi connectivity index (χ3n) is 9.59. The van der Waals surface area contributed by atoms with Crippen LogP contribution < -0.4 is 5.32 Å². The SMILES string of the molecule is CC1=Nc2c(C)cc(-c3cc(NC4(C)C=CC5=C(CCN(CC6CCCC6)C5)C4)ncc3F)cc2C1CC(C)C.[HH]. The Morgan fingerprint density at radius 2 is 1.98 bits per heavy atom. The summed E-state index contributed by atoms with van der Waals surface area (Å²) in [5.41, 5.74) is 8.88. The van der Waals surface area contributed by atoms with Crippen LogP contribution in [0, 0.1) is 24.6 Å². The molecule has 1 aromatic carbocycles. The number of anilines is 1. The summed E-state index contributed by atoms with van der Waals surface area (Å²) in [7, 11) is 0. The molecule has 2 atom stereocenters. The first-order valence-corrected chi connectivity index (χ1v) is 15.4. The van der Waals surface area contributed by atoms with Gasteiger partial charge < -0.3 is 5.32 Å². The number of pyridine rings is 1. The minimum atomic E-state index is -0.287. The van der Waals surface area contributed by atoms with E-state index in [1.54, 1.807) is 5.57 Å².